The minimum Gasteiger partial charge on any atom is -0.595 e. The first-order valence-electron chi connectivity index (χ1n) is 6.12. The van der Waals surface area contributed by atoms with Crippen LogP contribution in [0.3, 0.4) is 0 Å². The number of fused-ring (bicyclic) bond motifs is 5. The van der Waals surface area contributed by atoms with Crippen molar-refractivity contribution >= 4 is 11.8 Å². The summed E-state index contributed by atoms with van der Waals surface area (Å²) in [7, 11) is 0. The molecule has 1 aliphatic heterocycles. The Morgan fingerprint density at radius 2 is 1.35 bits per heavy atom. The van der Waals surface area contributed by atoms with E-state index in [2.05, 4.69) is 33.0 Å². The fourth-order valence-corrected chi connectivity index (χ4v) is 4.93. The Morgan fingerprint density at radius 1 is 1.00 bits per heavy atom. The van der Waals surface area contributed by atoms with Gasteiger partial charge in [-0.2, -0.15) is 0 Å². The van der Waals surface area contributed by atoms with Gasteiger partial charge in [-0.15, -0.1) is 0 Å². The monoisotopic (exact) mass is 309 g/mol. The molecule has 2 bridgehead atoms. The molecule has 3 aliphatic rings. The molecule has 2 saturated carbocycles. The van der Waals surface area contributed by atoms with E-state index in [1.807, 2.05) is 0 Å². The van der Waals surface area contributed by atoms with Crippen molar-refractivity contribution in [3.8, 4) is 0 Å². The Hall–Kier alpha value is 0.244. The zero-order chi connectivity index (χ0) is 11.9. The van der Waals surface area contributed by atoms with E-state index in [1.165, 1.54) is 0 Å². The summed E-state index contributed by atoms with van der Waals surface area (Å²) in [6.45, 7) is 8.80. The van der Waals surface area contributed by atoms with E-state index in [4.69, 9.17) is 0 Å². The molecular formula is C13H18NO2Y-. The second kappa shape index (κ2) is 3.63. The van der Waals surface area contributed by atoms with Crippen LogP contribution in [0.5, 0.6) is 0 Å². The number of nitrogens with zero attached hydrogens (tertiary/aromatic N) is 1. The van der Waals surface area contributed by atoms with Gasteiger partial charge in [0.15, 0.2) is 0 Å². The van der Waals surface area contributed by atoms with Crippen molar-refractivity contribution in [2.75, 3.05) is 0 Å². The van der Waals surface area contributed by atoms with E-state index in [1.54, 1.807) is 0 Å². The van der Waals surface area contributed by atoms with E-state index in [0.717, 1.165) is 6.42 Å². The molecule has 2 aliphatic carbocycles. The van der Waals surface area contributed by atoms with Gasteiger partial charge in [-0.25, -0.2) is 0 Å². The number of amides is 2. The zero-order valence-electron chi connectivity index (χ0n) is 10.9. The maximum atomic E-state index is 11.9. The first-order valence-corrected chi connectivity index (χ1v) is 6.12. The molecule has 3 nitrogen and oxygen atoms in total. The van der Waals surface area contributed by atoms with Gasteiger partial charge in [0.2, 0.25) is 0 Å². The summed E-state index contributed by atoms with van der Waals surface area (Å²) in [6.07, 6.45) is 1.00. The zero-order valence-corrected chi connectivity index (χ0v) is 13.7. The molecule has 4 heteroatoms. The standard InChI is InChI=1S/C13H19NO2.Y/c1-6-7(2)13(4)5-12(6,3)8-9(13)11(16)14-10(8)15;/h6-9H,5H2,1-4H3,(H,14,15,16);/p-1. The van der Waals surface area contributed by atoms with Crippen molar-refractivity contribution in [1.29, 1.82) is 0 Å². The molecule has 1 heterocycles. The van der Waals surface area contributed by atoms with Crippen LogP contribution in [0.2, 0.25) is 0 Å². The third kappa shape index (κ3) is 1.31. The Kier molecular flexibility index (Phi) is 2.92. The SMILES string of the molecule is CC1C(C)C2(C)CC1(C)C1C(=O)[N-]C(=O)C12.[Y]. The third-order valence-corrected chi connectivity index (χ3v) is 6.10. The summed E-state index contributed by atoms with van der Waals surface area (Å²) < 4.78 is 0. The van der Waals surface area contributed by atoms with Crippen LogP contribution in [0.1, 0.15) is 34.1 Å². The number of hydrogen-bond donors (Lipinski definition) is 0. The van der Waals surface area contributed by atoms with Crippen LogP contribution in [0, 0.1) is 34.5 Å². The molecule has 0 aromatic carbocycles. The van der Waals surface area contributed by atoms with E-state index in [0.29, 0.717) is 11.8 Å². The topological polar surface area (TPSA) is 48.2 Å². The van der Waals surface area contributed by atoms with Gasteiger partial charge in [0, 0.05) is 44.5 Å². The molecule has 2 amide bonds. The van der Waals surface area contributed by atoms with Gasteiger partial charge >= 0.3 is 0 Å². The van der Waals surface area contributed by atoms with Crippen LogP contribution in [-0.4, -0.2) is 11.8 Å². The van der Waals surface area contributed by atoms with Crippen molar-refractivity contribution in [2.45, 2.75) is 34.1 Å². The average molecular weight is 309 g/mol. The molecule has 0 N–H and O–H groups in total. The average Bonchev–Trinajstić information content (AvgIpc) is 2.68. The second-order valence-electron chi connectivity index (χ2n) is 6.51. The molecule has 0 aromatic rings. The minimum absolute atomic E-state index is 0. The molecular weight excluding hydrogens is 291 g/mol. The van der Waals surface area contributed by atoms with Crippen molar-refractivity contribution in [1.82, 2.24) is 0 Å². The fraction of sp³-hybridized carbons (Fsp3) is 0.846. The quantitative estimate of drug-likeness (QED) is 0.645. The van der Waals surface area contributed by atoms with Crippen molar-refractivity contribution in [2.24, 2.45) is 34.5 Å². The Morgan fingerprint density at radius 3 is 1.71 bits per heavy atom. The molecule has 17 heavy (non-hydrogen) atoms. The molecule has 91 valence electrons. The predicted molar refractivity (Wildman–Crippen MR) is 59.5 cm³/mol. The largest absolute Gasteiger partial charge is 0.595 e. The summed E-state index contributed by atoms with van der Waals surface area (Å²) in [4.78, 5) is 23.7. The first kappa shape index (κ1) is 13.7. The van der Waals surface area contributed by atoms with Gasteiger partial charge in [0.05, 0.1) is 11.8 Å². The fourth-order valence-electron chi connectivity index (χ4n) is 4.93. The Bertz CT molecular complexity index is 374. The molecule has 1 saturated heterocycles. The predicted octanol–water partition coefficient (Wildman–Crippen LogP) is 2.36. The number of carbonyl (C=O) groups excluding carboxylic acids is 2. The third-order valence-electron chi connectivity index (χ3n) is 6.10. The minimum atomic E-state index is -0.153. The van der Waals surface area contributed by atoms with Crippen LogP contribution in [0.4, 0.5) is 0 Å². The number of carbonyl (C=O) groups is 2. The van der Waals surface area contributed by atoms with E-state index < -0.39 is 0 Å². The van der Waals surface area contributed by atoms with Gasteiger partial charge in [-0.1, -0.05) is 27.7 Å². The van der Waals surface area contributed by atoms with Gasteiger partial charge in [-0.05, 0) is 29.1 Å². The normalized spacial score (nSPS) is 55.5. The maximum Gasteiger partial charge on any atom is 0.0609 e. The smallest absolute Gasteiger partial charge is 0.0609 e. The number of hydrogen-bond acceptors (Lipinski definition) is 2. The summed E-state index contributed by atoms with van der Waals surface area (Å²) in [5.41, 5.74) is -0.0167. The van der Waals surface area contributed by atoms with E-state index in [-0.39, 0.29) is 67.2 Å². The molecule has 6 atom stereocenters. The molecule has 6 unspecified atom stereocenters. The summed E-state index contributed by atoms with van der Waals surface area (Å²) in [5, 5.41) is 3.70. The van der Waals surface area contributed by atoms with Crippen LogP contribution in [0.15, 0.2) is 0 Å². The van der Waals surface area contributed by atoms with Crippen molar-refractivity contribution in [3.05, 3.63) is 5.32 Å². The summed E-state index contributed by atoms with van der Waals surface area (Å²) >= 11 is 0. The molecule has 1 radical (unpaired) electrons. The summed E-state index contributed by atoms with van der Waals surface area (Å²) in [6, 6.07) is 0. The summed E-state index contributed by atoms with van der Waals surface area (Å²) in [5.74, 6) is 0.444. The van der Waals surface area contributed by atoms with E-state index >= 15 is 0 Å². The van der Waals surface area contributed by atoms with Crippen LogP contribution < -0.4 is 0 Å². The molecule has 3 rings (SSSR count). The Labute approximate surface area is 127 Å². The molecule has 3 fully saturated rings. The van der Waals surface area contributed by atoms with Crippen LogP contribution in [0.25, 0.3) is 5.32 Å². The molecule has 0 spiro atoms. The Balaban J connectivity index is 0.00000108. The van der Waals surface area contributed by atoms with Crippen LogP contribution >= 0.6 is 0 Å². The second-order valence-corrected chi connectivity index (χ2v) is 6.51. The molecule has 0 aromatic heterocycles. The van der Waals surface area contributed by atoms with Gasteiger partial charge in [0.1, 0.15) is 0 Å². The first-order chi connectivity index (χ1) is 7.32. The maximum absolute atomic E-state index is 11.9. The van der Waals surface area contributed by atoms with E-state index in [9.17, 15) is 9.59 Å². The van der Waals surface area contributed by atoms with Crippen molar-refractivity contribution in [3.63, 3.8) is 0 Å². The number of imide groups is 1. The number of rotatable bonds is 0. The van der Waals surface area contributed by atoms with Gasteiger partial charge in [0.25, 0.3) is 0 Å². The van der Waals surface area contributed by atoms with Gasteiger partial charge < -0.3 is 14.9 Å². The van der Waals surface area contributed by atoms with Crippen LogP contribution in [-0.2, 0) is 42.3 Å². The van der Waals surface area contributed by atoms with Crippen molar-refractivity contribution < 1.29 is 42.3 Å². The van der Waals surface area contributed by atoms with Gasteiger partial charge in [-0.3, -0.25) is 0 Å².